The Morgan fingerprint density at radius 1 is 1.46 bits per heavy atom. The molecule has 0 unspecified atom stereocenters. The molecule has 3 N–H and O–H groups in total. The van der Waals surface area contributed by atoms with Gasteiger partial charge in [-0.05, 0) is 0 Å². The molecule has 0 radical (unpaired) electrons. The van der Waals surface area contributed by atoms with Gasteiger partial charge in [-0.1, -0.05) is 12.2 Å². The molecule has 0 aromatic rings. The van der Waals surface area contributed by atoms with E-state index in [0.717, 1.165) is 0 Å². The Morgan fingerprint density at radius 3 is 2.38 bits per heavy atom. The van der Waals surface area contributed by atoms with Gasteiger partial charge in [0, 0.05) is 6.42 Å². The van der Waals surface area contributed by atoms with Crippen LogP contribution in [0.25, 0.3) is 0 Å². The number of carbonyl (C=O) groups excluding carboxylic acids is 1. The maximum atomic E-state index is 11.6. The molecule has 0 aromatic heterocycles. The van der Waals surface area contributed by atoms with Crippen LogP contribution in [-0.4, -0.2) is 23.6 Å². The first-order valence-electron chi connectivity index (χ1n) is 3.43. The number of halogens is 3. The zero-order valence-corrected chi connectivity index (χ0v) is 7.47. The van der Waals surface area contributed by atoms with E-state index >= 15 is 0 Å². The van der Waals surface area contributed by atoms with Crippen LogP contribution >= 0.6 is 12.2 Å². The van der Waals surface area contributed by atoms with Crippen molar-refractivity contribution >= 4 is 23.1 Å². The molecule has 0 aliphatic heterocycles. The van der Waals surface area contributed by atoms with Crippen LogP contribution < -0.4 is 11.1 Å². The number of thiocarbonyl (C=S) groups is 1. The van der Waals surface area contributed by atoms with Crippen molar-refractivity contribution in [3.63, 3.8) is 0 Å². The topological polar surface area (TPSA) is 55.1 Å². The van der Waals surface area contributed by atoms with Crippen molar-refractivity contribution < 1.29 is 18.0 Å². The lowest BCUT2D eigenvalue weighted by atomic mass is 10.3. The lowest BCUT2D eigenvalue weighted by Crippen LogP contribution is -2.32. The van der Waals surface area contributed by atoms with Crippen LogP contribution in [0.1, 0.15) is 12.8 Å². The molecule has 0 bridgehead atoms. The average Bonchev–Trinajstić information content (AvgIpc) is 1.95. The first-order chi connectivity index (χ1) is 5.81. The van der Waals surface area contributed by atoms with E-state index in [9.17, 15) is 18.0 Å². The van der Waals surface area contributed by atoms with Crippen molar-refractivity contribution in [1.29, 1.82) is 0 Å². The summed E-state index contributed by atoms with van der Waals surface area (Å²) < 4.78 is 34.8. The minimum Gasteiger partial charge on any atom is -0.392 e. The number of amides is 1. The first kappa shape index (κ1) is 12.2. The third-order valence-corrected chi connectivity index (χ3v) is 1.24. The highest BCUT2D eigenvalue weighted by molar-refractivity contribution is 7.80. The van der Waals surface area contributed by atoms with Crippen molar-refractivity contribution in [3.05, 3.63) is 0 Å². The Kier molecular flexibility index (Phi) is 4.68. The van der Waals surface area contributed by atoms with Gasteiger partial charge in [-0.2, -0.15) is 13.2 Å². The monoisotopic (exact) mass is 214 g/mol. The van der Waals surface area contributed by atoms with E-state index in [4.69, 9.17) is 5.73 Å². The van der Waals surface area contributed by atoms with E-state index < -0.39 is 24.9 Å². The number of hydrogen-bond donors (Lipinski definition) is 2. The minimum atomic E-state index is -4.30. The molecule has 0 fully saturated rings. The van der Waals surface area contributed by atoms with Crippen LogP contribution in [0.5, 0.6) is 0 Å². The van der Waals surface area contributed by atoms with Gasteiger partial charge in [0.25, 0.3) is 0 Å². The van der Waals surface area contributed by atoms with Gasteiger partial charge in [-0.25, -0.2) is 0 Å². The van der Waals surface area contributed by atoms with Crippen LogP contribution in [0.15, 0.2) is 0 Å². The normalized spacial score (nSPS) is 11.0. The Labute approximate surface area is 78.5 Å². The smallest absolute Gasteiger partial charge is 0.389 e. The van der Waals surface area contributed by atoms with Crippen LogP contribution in [0.3, 0.4) is 0 Å². The molecule has 0 heterocycles. The zero-order chi connectivity index (χ0) is 10.5. The maximum absolute atomic E-state index is 11.6. The molecule has 0 atom stereocenters. The number of hydrogen-bond acceptors (Lipinski definition) is 2. The third-order valence-electron chi connectivity index (χ3n) is 1.10. The largest absolute Gasteiger partial charge is 0.392 e. The van der Waals surface area contributed by atoms with Crippen molar-refractivity contribution in [2.75, 3.05) is 6.54 Å². The van der Waals surface area contributed by atoms with Crippen LogP contribution in [0.2, 0.25) is 0 Å². The fourth-order valence-corrected chi connectivity index (χ4v) is 0.602. The highest BCUT2D eigenvalue weighted by atomic mass is 32.1. The van der Waals surface area contributed by atoms with E-state index in [1.807, 2.05) is 0 Å². The van der Waals surface area contributed by atoms with E-state index in [1.54, 1.807) is 0 Å². The molecule has 13 heavy (non-hydrogen) atoms. The molecule has 0 aliphatic rings. The molecular weight excluding hydrogens is 205 g/mol. The van der Waals surface area contributed by atoms with Crippen molar-refractivity contribution in [1.82, 2.24) is 5.32 Å². The van der Waals surface area contributed by atoms with Gasteiger partial charge in [-0.15, -0.1) is 0 Å². The van der Waals surface area contributed by atoms with Gasteiger partial charge in [0.1, 0.15) is 0 Å². The Morgan fingerprint density at radius 2 is 2.00 bits per heavy atom. The second-order valence-electron chi connectivity index (χ2n) is 2.36. The molecule has 0 aliphatic carbocycles. The van der Waals surface area contributed by atoms with E-state index in [2.05, 4.69) is 17.5 Å². The fourth-order valence-electron chi connectivity index (χ4n) is 0.529. The second-order valence-corrected chi connectivity index (χ2v) is 2.88. The molecule has 0 aromatic carbocycles. The molecular formula is C6H9F3N2OS. The van der Waals surface area contributed by atoms with Crippen molar-refractivity contribution in [2.24, 2.45) is 5.73 Å². The zero-order valence-electron chi connectivity index (χ0n) is 6.65. The maximum Gasteiger partial charge on any atom is 0.389 e. The Hall–Kier alpha value is -0.850. The second kappa shape index (κ2) is 5.00. The molecule has 1 amide bonds. The fraction of sp³-hybridized carbons (Fsp3) is 0.667. The molecule has 3 nitrogen and oxygen atoms in total. The summed E-state index contributed by atoms with van der Waals surface area (Å²) in [5, 5.41) is 2.15. The number of carbonyl (C=O) groups is 1. The van der Waals surface area contributed by atoms with Gasteiger partial charge >= 0.3 is 6.18 Å². The summed E-state index contributed by atoms with van der Waals surface area (Å²) in [4.78, 5) is 10.7. The third kappa shape index (κ3) is 9.06. The molecule has 76 valence electrons. The molecule has 0 saturated carbocycles. The van der Waals surface area contributed by atoms with Gasteiger partial charge in [-0.3, -0.25) is 4.79 Å². The molecule has 0 rings (SSSR count). The summed E-state index contributed by atoms with van der Waals surface area (Å²) in [6.45, 7) is -0.0635. The van der Waals surface area contributed by atoms with Gasteiger partial charge in [0.2, 0.25) is 5.91 Å². The number of nitrogens with two attached hydrogens (primary N) is 1. The summed E-state index contributed by atoms with van der Waals surface area (Å²) >= 11 is 4.41. The predicted octanol–water partition coefficient (Wildman–Crippen LogP) is 0.731. The number of alkyl halides is 3. The highest BCUT2D eigenvalue weighted by Gasteiger charge is 2.27. The lowest BCUT2D eigenvalue weighted by molar-refractivity contribution is -0.144. The molecule has 7 heteroatoms. The molecule has 0 spiro atoms. The SMILES string of the molecule is NC(=S)CNC(=O)CCC(F)(F)F. The predicted molar refractivity (Wildman–Crippen MR) is 45.1 cm³/mol. The number of rotatable bonds is 4. The van der Waals surface area contributed by atoms with Crippen LogP contribution in [0.4, 0.5) is 13.2 Å². The quantitative estimate of drug-likeness (QED) is 0.678. The van der Waals surface area contributed by atoms with Crippen LogP contribution in [0, 0.1) is 0 Å². The van der Waals surface area contributed by atoms with Gasteiger partial charge in [0.15, 0.2) is 0 Å². The van der Waals surface area contributed by atoms with E-state index in [1.165, 1.54) is 0 Å². The summed E-state index contributed by atoms with van der Waals surface area (Å²) in [6.07, 6.45) is -6.02. The van der Waals surface area contributed by atoms with Gasteiger partial charge < -0.3 is 11.1 Å². The van der Waals surface area contributed by atoms with Crippen molar-refractivity contribution in [2.45, 2.75) is 19.0 Å². The summed E-state index contributed by atoms with van der Waals surface area (Å²) in [5.74, 6) is -0.704. The minimum absolute atomic E-state index is 0.0420. The average molecular weight is 214 g/mol. The standard InChI is InChI=1S/C6H9F3N2OS/c7-6(8,9)2-1-5(12)11-3-4(10)13/h1-3H2,(H2,10,13)(H,11,12). The first-order valence-corrected chi connectivity index (χ1v) is 3.84. The van der Waals surface area contributed by atoms with E-state index in [0.29, 0.717) is 0 Å². The Balaban J connectivity index is 3.58. The van der Waals surface area contributed by atoms with Crippen LogP contribution in [-0.2, 0) is 4.79 Å². The summed E-state index contributed by atoms with van der Waals surface area (Å²) in [6, 6.07) is 0. The summed E-state index contributed by atoms with van der Waals surface area (Å²) in [5.41, 5.74) is 5.02. The van der Waals surface area contributed by atoms with Crippen molar-refractivity contribution in [3.8, 4) is 0 Å². The number of nitrogens with one attached hydrogen (secondary N) is 1. The highest BCUT2D eigenvalue weighted by Crippen LogP contribution is 2.20. The lowest BCUT2D eigenvalue weighted by Gasteiger charge is -2.06. The molecule has 0 saturated heterocycles. The summed E-state index contributed by atoms with van der Waals surface area (Å²) in [7, 11) is 0. The van der Waals surface area contributed by atoms with Gasteiger partial charge in [0.05, 0.1) is 18.0 Å². The Bertz CT molecular complexity index is 205. The van der Waals surface area contributed by atoms with E-state index in [-0.39, 0.29) is 11.5 Å².